The van der Waals surface area contributed by atoms with Crippen molar-refractivity contribution in [3.05, 3.63) is 63.6 Å². The first-order chi connectivity index (χ1) is 18.3. The van der Waals surface area contributed by atoms with Crippen LogP contribution in [-0.4, -0.2) is 57.1 Å². The van der Waals surface area contributed by atoms with Gasteiger partial charge >= 0.3 is 0 Å². The van der Waals surface area contributed by atoms with Crippen LogP contribution in [0, 0.1) is 23.2 Å². The number of hydrogen-bond acceptors (Lipinski definition) is 4. The maximum absolute atomic E-state index is 13.9. The number of hydrogen-bond donors (Lipinski definition) is 1. The predicted octanol–water partition coefficient (Wildman–Crippen LogP) is 4.34. The van der Waals surface area contributed by atoms with E-state index in [1.54, 1.807) is 19.3 Å². The molecule has 1 aromatic heterocycles. The second-order valence-corrected chi connectivity index (χ2v) is 13.1. The average molecular weight is 516 g/mol. The Morgan fingerprint density at radius 2 is 1.95 bits per heavy atom. The van der Waals surface area contributed by atoms with Gasteiger partial charge in [0.05, 0.1) is 5.56 Å². The number of rotatable bonds is 5. The van der Waals surface area contributed by atoms with Crippen LogP contribution >= 0.6 is 0 Å². The van der Waals surface area contributed by atoms with E-state index in [1.165, 1.54) is 41.1 Å². The number of benzene rings is 1. The summed E-state index contributed by atoms with van der Waals surface area (Å²) >= 11 is 0. The Morgan fingerprint density at radius 3 is 2.68 bits per heavy atom. The molecule has 6 atom stereocenters. The number of aromatic nitrogens is 1. The number of phenolic OH excluding ortho intramolecular Hbond substituents is 1. The number of carbonyl (C=O) groups excluding carboxylic acids is 1. The standard InChI is InChI=1S/C32H41N3O3/c1-4-22-7-9-25(36)15-26(22)32-13-14-34(17-21-5-6-21)20(2)31(32)12-11-27-29(32)24(16-31)19-35(27)30(38)23-8-10-28(37)33(3)18-23/h7-10,15,18,20-21,24,27,29,36H,4-6,11-14,16-17,19H2,1-3H3/t20?,24-,27?,29?,31?,32?/m1/s1. The molecule has 6 heteroatoms. The second-order valence-electron chi connectivity index (χ2n) is 13.1. The van der Waals surface area contributed by atoms with Crippen molar-refractivity contribution >= 4 is 5.91 Å². The fourth-order valence-electron chi connectivity index (χ4n) is 9.88. The van der Waals surface area contributed by atoms with E-state index in [-0.39, 0.29) is 28.3 Å². The predicted molar refractivity (Wildman–Crippen MR) is 147 cm³/mol. The highest BCUT2D eigenvalue weighted by Gasteiger charge is 2.74. The molecule has 3 saturated carbocycles. The van der Waals surface area contributed by atoms with Gasteiger partial charge in [-0.15, -0.1) is 0 Å². The summed E-state index contributed by atoms with van der Waals surface area (Å²) in [7, 11) is 1.72. The normalized spacial score (nSPS) is 35.9. The lowest BCUT2D eigenvalue weighted by atomic mass is 9.46. The molecular weight excluding hydrogens is 474 g/mol. The van der Waals surface area contributed by atoms with E-state index in [0.717, 1.165) is 51.1 Å². The van der Waals surface area contributed by atoms with Crippen molar-refractivity contribution in [1.29, 1.82) is 0 Å². The van der Waals surface area contributed by atoms with Crippen molar-refractivity contribution in [1.82, 2.24) is 14.4 Å². The minimum atomic E-state index is -0.0934. The van der Waals surface area contributed by atoms with Crippen LogP contribution in [0.1, 0.15) is 73.9 Å². The van der Waals surface area contributed by atoms with Crippen molar-refractivity contribution in [2.45, 2.75) is 76.3 Å². The monoisotopic (exact) mass is 515 g/mol. The number of piperidine rings is 1. The van der Waals surface area contributed by atoms with Gasteiger partial charge in [-0.3, -0.25) is 14.5 Å². The Morgan fingerprint density at radius 1 is 1.13 bits per heavy atom. The molecular formula is C32H41N3O3. The first-order valence-corrected chi connectivity index (χ1v) is 14.8. The van der Waals surface area contributed by atoms with E-state index in [0.29, 0.717) is 29.2 Å². The zero-order valence-electron chi connectivity index (χ0n) is 23.0. The van der Waals surface area contributed by atoms with Crippen LogP contribution in [-0.2, 0) is 18.9 Å². The molecule has 1 aromatic carbocycles. The fourth-order valence-corrected chi connectivity index (χ4v) is 9.88. The molecule has 2 saturated heterocycles. The molecule has 0 spiro atoms. The topological polar surface area (TPSA) is 65.8 Å². The maximum atomic E-state index is 13.9. The molecule has 5 unspecified atom stereocenters. The highest BCUT2D eigenvalue weighted by molar-refractivity contribution is 5.94. The zero-order chi connectivity index (χ0) is 26.4. The Hall–Kier alpha value is -2.60. The van der Waals surface area contributed by atoms with Crippen molar-refractivity contribution in [2.24, 2.45) is 30.2 Å². The van der Waals surface area contributed by atoms with Gasteiger partial charge in [0.1, 0.15) is 5.75 Å². The first-order valence-electron chi connectivity index (χ1n) is 14.8. The van der Waals surface area contributed by atoms with Gasteiger partial charge in [0.2, 0.25) is 5.56 Å². The SMILES string of the molecule is CCc1ccc(O)cc1C12CCN(CC3CC3)C(C)C13CCC1C2[C@@H](CN1C(=O)c1ccc(=O)n(C)c1)C3. The number of pyridine rings is 1. The smallest absolute Gasteiger partial charge is 0.255 e. The minimum Gasteiger partial charge on any atom is -0.508 e. The lowest BCUT2D eigenvalue weighted by Crippen LogP contribution is -2.66. The summed E-state index contributed by atoms with van der Waals surface area (Å²) in [6.07, 6.45) is 9.85. The van der Waals surface area contributed by atoms with Gasteiger partial charge in [0.25, 0.3) is 5.91 Å². The number of aromatic hydroxyl groups is 1. The highest BCUT2D eigenvalue weighted by atomic mass is 16.3. The van der Waals surface area contributed by atoms with Gasteiger partial charge in [-0.05, 0) is 111 Å². The van der Waals surface area contributed by atoms with Crippen molar-refractivity contribution in [3.8, 4) is 5.75 Å². The Balaban J connectivity index is 1.33. The number of likely N-dealkylation sites (tertiary alicyclic amines) is 2. The zero-order valence-corrected chi connectivity index (χ0v) is 23.0. The fraction of sp³-hybridized carbons (Fsp3) is 0.625. The molecule has 3 heterocycles. The molecule has 2 aromatic rings. The van der Waals surface area contributed by atoms with E-state index in [4.69, 9.17) is 0 Å². The van der Waals surface area contributed by atoms with Gasteiger partial charge in [-0.1, -0.05) is 13.0 Å². The molecule has 2 bridgehead atoms. The molecule has 38 heavy (non-hydrogen) atoms. The van der Waals surface area contributed by atoms with Crippen LogP contribution < -0.4 is 5.56 Å². The van der Waals surface area contributed by atoms with E-state index in [9.17, 15) is 14.7 Å². The molecule has 1 amide bonds. The lowest BCUT2D eigenvalue weighted by molar-refractivity contribution is -0.0870. The van der Waals surface area contributed by atoms with Gasteiger partial charge in [-0.25, -0.2) is 0 Å². The number of phenols is 1. The summed E-state index contributed by atoms with van der Waals surface area (Å²) in [5, 5.41) is 10.8. The molecule has 6 nitrogen and oxygen atoms in total. The highest BCUT2D eigenvalue weighted by Crippen LogP contribution is 2.73. The lowest BCUT2D eigenvalue weighted by Gasteiger charge is -2.63. The summed E-state index contributed by atoms with van der Waals surface area (Å²) in [6, 6.07) is 10.0. The van der Waals surface area contributed by atoms with Crippen LogP contribution in [0.15, 0.2) is 41.3 Å². The molecule has 202 valence electrons. The summed E-state index contributed by atoms with van der Waals surface area (Å²) in [4.78, 5) is 30.9. The average Bonchev–Trinajstić information content (AvgIpc) is 3.61. The minimum absolute atomic E-state index is 0.0251. The third-order valence-corrected chi connectivity index (χ3v) is 11.6. The number of nitrogens with zero attached hydrogens (tertiary/aromatic N) is 3. The largest absolute Gasteiger partial charge is 0.508 e. The van der Waals surface area contributed by atoms with Crippen LogP contribution in [0.4, 0.5) is 0 Å². The first kappa shape index (κ1) is 24.4. The van der Waals surface area contributed by atoms with E-state index in [1.807, 2.05) is 6.07 Å². The van der Waals surface area contributed by atoms with E-state index in [2.05, 4.69) is 35.8 Å². The number of carbonyl (C=O) groups is 1. The van der Waals surface area contributed by atoms with Crippen LogP contribution in [0.5, 0.6) is 5.75 Å². The molecule has 7 rings (SSSR count). The maximum Gasteiger partial charge on any atom is 0.255 e. The third-order valence-electron chi connectivity index (χ3n) is 11.6. The van der Waals surface area contributed by atoms with Gasteiger partial charge in [-0.2, -0.15) is 0 Å². The number of amides is 1. The van der Waals surface area contributed by atoms with Gasteiger partial charge < -0.3 is 14.6 Å². The van der Waals surface area contributed by atoms with E-state index >= 15 is 0 Å². The molecule has 2 aliphatic heterocycles. The van der Waals surface area contributed by atoms with Crippen LogP contribution in [0.3, 0.4) is 0 Å². The van der Waals surface area contributed by atoms with Gasteiger partial charge in [0.15, 0.2) is 0 Å². The quantitative estimate of drug-likeness (QED) is 0.644. The Kier molecular flexibility index (Phi) is 5.43. The summed E-state index contributed by atoms with van der Waals surface area (Å²) in [5.74, 6) is 2.18. The summed E-state index contributed by atoms with van der Waals surface area (Å²) in [6.45, 7) is 7.87. The van der Waals surface area contributed by atoms with Crippen molar-refractivity contribution in [3.63, 3.8) is 0 Å². The van der Waals surface area contributed by atoms with Crippen molar-refractivity contribution < 1.29 is 9.90 Å². The van der Waals surface area contributed by atoms with Crippen molar-refractivity contribution in [2.75, 3.05) is 19.6 Å². The van der Waals surface area contributed by atoms with E-state index < -0.39 is 0 Å². The molecule has 1 N–H and O–H groups in total. The molecule has 0 radical (unpaired) electrons. The molecule has 3 aliphatic carbocycles. The summed E-state index contributed by atoms with van der Waals surface area (Å²) in [5.41, 5.74) is 3.39. The Bertz CT molecular complexity index is 1350. The van der Waals surface area contributed by atoms with Crippen LogP contribution in [0.2, 0.25) is 0 Å². The molecule has 5 aliphatic rings. The third kappa shape index (κ3) is 3.22. The second kappa shape index (κ2) is 8.45. The van der Waals surface area contributed by atoms with Gasteiger partial charge in [0, 0.05) is 49.9 Å². The molecule has 5 fully saturated rings. The number of aryl methyl sites for hydroxylation is 2. The van der Waals surface area contributed by atoms with Crippen LogP contribution in [0.25, 0.3) is 0 Å². The summed E-state index contributed by atoms with van der Waals surface area (Å²) < 4.78 is 1.51. The Labute approximate surface area is 225 Å².